The largest absolute Gasteiger partial charge is 0.363 e. The highest BCUT2D eigenvalue weighted by Gasteiger charge is 2.21. The second-order valence-corrected chi connectivity index (χ2v) is 7.65. The highest BCUT2D eigenvalue weighted by Crippen LogP contribution is 2.27. The van der Waals surface area contributed by atoms with Crippen LogP contribution in [0.25, 0.3) is 6.08 Å². The van der Waals surface area contributed by atoms with Crippen LogP contribution < -0.4 is 10.2 Å². The summed E-state index contributed by atoms with van der Waals surface area (Å²) >= 11 is 0. The van der Waals surface area contributed by atoms with Crippen molar-refractivity contribution in [3.8, 4) is 0 Å². The van der Waals surface area contributed by atoms with Crippen molar-refractivity contribution in [3.63, 3.8) is 0 Å². The molecule has 1 aromatic heterocycles. The molecule has 1 amide bonds. The summed E-state index contributed by atoms with van der Waals surface area (Å²) in [6, 6.07) is 15.0. The number of hydrogen-bond donors (Lipinski definition) is 1. The molecule has 0 fully saturated rings. The number of ketones is 1. The lowest BCUT2D eigenvalue weighted by Crippen LogP contribution is -2.26. The molecular formula is C25H25F2N3O2. The quantitative estimate of drug-likeness (QED) is 0.531. The van der Waals surface area contributed by atoms with Crippen molar-refractivity contribution in [2.75, 3.05) is 19.0 Å². The van der Waals surface area contributed by atoms with Gasteiger partial charge in [-0.1, -0.05) is 36.4 Å². The van der Waals surface area contributed by atoms with Gasteiger partial charge in [0.05, 0.1) is 5.56 Å². The number of aromatic nitrogens is 1. The number of nitrogens with one attached hydrogen (secondary N) is 1. The van der Waals surface area contributed by atoms with Crippen LogP contribution in [0, 0.1) is 11.6 Å². The minimum atomic E-state index is -0.962. The number of anilines is 1. The molecule has 0 bridgehead atoms. The van der Waals surface area contributed by atoms with Gasteiger partial charge in [-0.15, -0.1) is 0 Å². The molecule has 0 radical (unpaired) electrons. The van der Waals surface area contributed by atoms with E-state index in [0.29, 0.717) is 29.2 Å². The summed E-state index contributed by atoms with van der Waals surface area (Å²) < 4.78 is 28.6. The van der Waals surface area contributed by atoms with Crippen molar-refractivity contribution < 1.29 is 18.4 Å². The van der Waals surface area contributed by atoms with Gasteiger partial charge in [0.1, 0.15) is 5.82 Å². The smallest absolute Gasteiger partial charge is 0.255 e. The maximum atomic E-state index is 13.5. The average molecular weight is 437 g/mol. The molecule has 0 atom stereocenters. The van der Waals surface area contributed by atoms with E-state index in [0.717, 1.165) is 17.7 Å². The van der Waals surface area contributed by atoms with Gasteiger partial charge in [-0.05, 0) is 48.4 Å². The van der Waals surface area contributed by atoms with E-state index >= 15 is 0 Å². The monoisotopic (exact) mass is 437 g/mol. The molecule has 0 saturated carbocycles. The van der Waals surface area contributed by atoms with E-state index < -0.39 is 11.6 Å². The van der Waals surface area contributed by atoms with E-state index in [-0.39, 0.29) is 18.2 Å². The summed E-state index contributed by atoms with van der Waals surface area (Å²) in [5, 5.41) is 2.77. The fraction of sp³-hybridized carbons (Fsp3) is 0.200. The Bertz CT molecular complexity index is 1150. The SMILES string of the molecule is CC(=O)/C=C/c1cc(C(=O)NCc2ccc(F)c(F)c2)c(N(C)C)n1Cc1ccccc1. The van der Waals surface area contributed by atoms with Gasteiger partial charge in [0.25, 0.3) is 5.91 Å². The summed E-state index contributed by atoms with van der Waals surface area (Å²) in [5.74, 6) is -1.69. The van der Waals surface area contributed by atoms with E-state index in [1.165, 1.54) is 19.1 Å². The number of allylic oxidation sites excluding steroid dienone is 1. The predicted octanol–water partition coefficient (Wildman–Crippen LogP) is 4.41. The first-order chi connectivity index (χ1) is 15.3. The zero-order valence-corrected chi connectivity index (χ0v) is 18.2. The first-order valence-corrected chi connectivity index (χ1v) is 10.1. The van der Waals surface area contributed by atoms with Crippen LogP contribution in [0.15, 0.2) is 60.7 Å². The molecule has 7 heteroatoms. The van der Waals surface area contributed by atoms with Crippen LogP contribution in [0.2, 0.25) is 0 Å². The molecule has 0 aliphatic carbocycles. The molecule has 0 spiro atoms. The molecule has 166 valence electrons. The highest BCUT2D eigenvalue weighted by molar-refractivity contribution is 6.00. The highest BCUT2D eigenvalue weighted by atomic mass is 19.2. The molecular weight excluding hydrogens is 412 g/mol. The Morgan fingerprint density at radius 1 is 1.00 bits per heavy atom. The Kier molecular flexibility index (Phi) is 7.20. The topological polar surface area (TPSA) is 54.3 Å². The van der Waals surface area contributed by atoms with Gasteiger partial charge in [0.15, 0.2) is 17.4 Å². The number of amides is 1. The van der Waals surface area contributed by atoms with Crippen LogP contribution >= 0.6 is 0 Å². The number of benzene rings is 2. The molecule has 0 saturated heterocycles. The Morgan fingerprint density at radius 2 is 1.72 bits per heavy atom. The lowest BCUT2D eigenvalue weighted by Gasteiger charge is -2.20. The number of halogens is 2. The first kappa shape index (κ1) is 22.9. The molecule has 5 nitrogen and oxygen atoms in total. The van der Waals surface area contributed by atoms with Crippen molar-refractivity contribution in [2.45, 2.75) is 20.0 Å². The lowest BCUT2D eigenvalue weighted by atomic mass is 10.2. The number of carbonyl (C=O) groups excluding carboxylic acids is 2. The Labute approximate surface area is 186 Å². The summed E-state index contributed by atoms with van der Waals surface area (Å²) in [7, 11) is 3.67. The van der Waals surface area contributed by atoms with Crippen molar-refractivity contribution in [2.24, 2.45) is 0 Å². The van der Waals surface area contributed by atoms with Gasteiger partial charge in [-0.3, -0.25) is 9.59 Å². The third-order valence-corrected chi connectivity index (χ3v) is 4.88. The minimum Gasteiger partial charge on any atom is -0.363 e. The van der Waals surface area contributed by atoms with Crippen molar-refractivity contribution in [1.82, 2.24) is 9.88 Å². The van der Waals surface area contributed by atoms with Gasteiger partial charge >= 0.3 is 0 Å². The predicted molar refractivity (Wildman–Crippen MR) is 122 cm³/mol. The summed E-state index contributed by atoms with van der Waals surface area (Å²) in [4.78, 5) is 26.4. The molecule has 0 aliphatic heterocycles. The van der Waals surface area contributed by atoms with Gasteiger partial charge in [-0.25, -0.2) is 8.78 Å². The van der Waals surface area contributed by atoms with Gasteiger partial charge in [0, 0.05) is 32.9 Å². The molecule has 3 aromatic rings. The van der Waals surface area contributed by atoms with E-state index in [9.17, 15) is 18.4 Å². The summed E-state index contributed by atoms with van der Waals surface area (Å²) in [6.07, 6.45) is 3.14. The van der Waals surface area contributed by atoms with Crippen LogP contribution in [-0.2, 0) is 17.9 Å². The van der Waals surface area contributed by atoms with Gasteiger partial charge in [-0.2, -0.15) is 0 Å². The lowest BCUT2D eigenvalue weighted by molar-refractivity contribution is -0.112. The van der Waals surface area contributed by atoms with Crippen molar-refractivity contribution >= 4 is 23.6 Å². The maximum Gasteiger partial charge on any atom is 0.255 e. The average Bonchev–Trinajstić information content (AvgIpc) is 3.12. The van der Waals surface area contributed by atoms with Crippen LogP contribution in [0.3, 0.4) is 0 Å². The molecule has 1 heterocycles. The molecule has 32 heavy (non-hydrogen) atoms. The number of nitrogens with zero attached hydrogens (tertiary/aromatic N) is 2. The van der Waals surface area contributed by atoms with Crippen molar-refractivity contribution in [3.05, 3.63) is 94.7 Å². The van der Waals surface area contributed by atoms with Gasteiger partial charge < -0.3 is 14.8 Å². The number of carbonyl (C=O) groups is 2. The zero-order chi connectivity index (χ0) is 23.3. The number of hydrogen-bond acceptors (Lipinski definition) is 3. The third-order valence-electron chi connectivity index (χ3n) is 4.88. The molecule has 3 rings (SSSR count). The summed E-state index contributed by atoms with van der Waals surface area (Å²) in [6.45, 7) is 2.01. The van der Waals surface area contributed by atoms with E-state index in [1.807, 2.05) is 53.9 Å². The fourth-order valence-corrected chi connectivity index (χ4v) is 3.41. The number of rotatable bonds is 8. The second-order valence-electron chi connectivity index (χ2n) is 7.65. The van der Waals surface area contributed by atoms with Crippen LogP contribution in [0.5, 0.6) is 0 Å². The van der Waals surface area contributed by atoms with Crippen molar-refractivity contribution in [1.29, 1.82) is 0 Å². The molecule has 2 aromatic carbocycles. The van der Waals surface area contributed by atoms with Crippen LogP contribution in [0.1, 0.15) is 34.1 Å². The normalized spacial score (nSPS) is 11.0. The Balaban J connectivity index is 1.96. The zero-order valence-electron chi connectivity index (χ0n) is 18.2. The van der Waals surface area contributed by atoms with E-state index in [2.05, 4.69) is 5.32 Å². The fourth-order valence-electron chi connectivity index (χ4n) is 3.41. The standard InChI is InChI=1S/C25H25F2N3O2/c1-17(31)9-11-20-14-21(24(32)28-15-19-10-12-22(26)23(27)13-19)25(29(2)3)30(20)16-18-7-5-4-6-8-18/h4-14H,15-16H2,1-3H3,(H,28,32)/b11-9+. The first-order valence-electron chi connectivity index (χ1n) is 10.1. The Morgan fingerprint density at radius 3 is 2.34 bits per heavy atom. The molecule has 0 unspecified atom stereocenters. The van der Waals surface area contributed by atoms with E-state index in [4.69, 9.17) is 0 Å². The second kappa shape index (κ2) is 10.0. The minimum absolute atomic E-state index is 0.0470. The van der Waals surface area contributed by atoms with Crippen LogP contribution in [0.4, 0.5) is 14.6 Å². The van der Waals surface area contributed by atoms with Crippen LogP contribution in [-0.4, -0.2) is 30.4 Å². The maximum absolute atomic E-state index is 13.5. The molecule has 0 aliphatic rings. The molecule has 1 N–H and O–H groups in total. The van der Waals surface area contributed by atoms with Gasteiger partial charge in [0.2, 0.25) is 0 Å². The third kappa shape index (κ3) is 5.49. The van der Waals surface area contributed by atoms with E-state index in [1.54, 1.807) is 12.1 Å². The Hall–Kier alpha value is -3.74. The summed E-state index contributed by atoms with van der Waals surface area (Å²) in [5.41, 5.74) is 2.60.